The van der Waals surface area contributed by atoms with Crippen molar-refractivity contribution in [2.75, 3.05) is 5.73 Å². The number of nitrogens with two attached hydrogens (primary N) is 1. The normalized spacial score (nSPS) is 11.2. The van der Waals surface area contributed by atoms with Gasteiger partial charge in [-0.2, -0.15) is 0 Å². The van der Waals surface area contributed by atoms with E-state index in [0.717, 1.165) is 16.8 Å². The van der Waals surface area contributed by atoms with E-state index in [9.17, 15) is 4.79 Å². The Morgan fingerprint density at radius 1 is 1.10 bits per heavy atom. The number of carbonyl (C=O) groups excluding carboxylic acids is 1. The smallest absolute Gasteiger partial charge is 0.338 e. The maximum absolute atomic E-state index is 11.9. The third-order valence-electron chi connectivity index (χ3n) is 2.95. The van der Waals surface area contributed by atoms with E-state index >= 15 is 0 Å². The number of aromatic nitrogens is 1. The molecule has 2 N–H and O–H groups in total. The molecule has 21 heavy (non-hydrogen) atoms. The third-order valence-corrected chi connectivity index (χ3v) is 2.95. The summed E-state index contributed by atoms with van der Waals surface area (Å²) in [7, 11) is 0. The summed E-state index contributed by atoms with van der Waals surface area (Å²) in [5.41, 5.74) is 8.49. The van der Waals surface area contributed by atoms with E-state index < -0.39 is 5.60 Å². The van der Waals surface area contributed by atoms with Crippen LogP contribution >= 0.6 is 0 Å². The maximum atomic E-state index is 11.9. The molecule has 4 heteroatoms. The zero-order valence-corrected chi connectivity index (χ0v) is 12.8. The highest BCUT2D eigenvalue weighted by atomic mass is 16.6. The molecule has 0 bridgehead atoms. The van der Waals surface area contributed by atoms with Crippen LogP contribution in [-0.2, 0) is 4.74 Å². The van der Waals surface area contributed by atoms with Gasteiger partial charge in [0.25, 0.3) is 0 Å². The van der Waals surface area contributed by atoms with Gasteiger partial charge in [0.2, 0.25) is 0 Å². The minimum atomic E-state index is -0.497. The van der Waals surface area contributed by atoms with Gasteiger partial charge in [-0.25, -0.2) is 9.78 Å². The molecule has 2 aromatic rings. The predicted octanol–water partition coefficient (Wildman–Crippen LogP) is 3.59. The van der Waals surface area contributed by atoms with Gasteiger partial charge in [-0.15, -0.1) is 0 Å². The lowest BCUT2D eigenvalue weighted by Crippen LogP contribution is -2.23. The molecule has 0 atom stereocenters. The van der Waals surface area contributed by atoms with Crippen LogP contribution in [0.25, 0.3) is 11.3 Å². The molecule has 0 amide bonds. The topological polar surface area (TPSA) is 65.2 Å². The molecule has 0 saturated heterocycles. The highest BCUT2D eigenvalue weighted by molar-refractivity contribution is 5.90. The van der Waals surface area contributed by atoms with Gasteiger partial charge < -0.3 is 10.5 Å². The minimum absolute atomic E-state index is 0.328. The van der Waals surface area contributed by atoms with Crippen LogP contribution in [0.4, 0.5) is 5.82 Å². The Labute approximate surface area is 125 Å². The summed E-state index contributed by atoms with van der Waals surface area (Å²) >= 11 is 0. The number of nitrogen functional groups attached to an aromatic ring is 1. The fourth-order valence-electron chi connectivity index (χ4n) is 1.82. The molecule has 110 valence electrons. The number of nitrogens with zero attached hydrogens (tertiary/aromatic N) is 1. The molecule has 1 heterocycles. The molecule has 2 rings (SSSR count). The van der Waals surface area contributed by atoms with Gasteiger partial charge in [0.1, 0.15) is 11.4 Å². The Morgan fingerprint density at radius 3 is 2.24 bits per heavy atom. The summed E-state index contributed by atoms with van der Waals surface area (Å²) in [6, 6.07) is 11.0. The second-order valence-corrected chi connectivity index (χ2v) is 5.98. The van der Waals surface area contributed by atoms with Crippen LogP contribution in [0.2, 0.25) is 0 Å². The van der Waals surface area contributed by atoms with Crippen molar-refractivity contribution in [1.82, 2.24) is 4.98 Å². The van der Waals surface area contributed by atoms with Crippen molar-refractivity contribution >= 4 is 11.8 Å². The van der Waals surface area contributed by atoms with Crippen molar-refractivity contribution in [2.45, 2.75) is 33.3 Å². The molecule has 4 nitrogen and oxygen atoms in total. The number of ether oxygens (including phenoxy) is 1. The first kappa shape index (κ1) is 15.0. The zero-order chi connectivity index (χ0) is 15.6. The second kappa shape index (κ2) is 5.56. The lowest BCUT2D eigenvalue weighted by Gasteiger charge is -2.19. The van der Waals surface area contributed by atoms with E-state index in [-0.39, 0.29) is 5.97 Å². The van der Waals surface area contributed by atoms with E-state index in [2.05, 4.69) is 4.98 Å². The van der Waals surface area contributed by atoms with Gasteiger partial charge in [0.05, 0.1) is 11.3 Å². The predicted molar refractivity (Wildman–Crippen MR) is 84.0 cm³/mol. The van der Waals surface area contributed by atoms with Gasteiger partial charge in [-0.1, -0.05) is 18.2 Å². The van der Waals surface area contributed by atoms with E-state index in [1.807, 2.05) is 52.0 Å². The van der Waals surface area contributed by atoms with E-state index in [1.54, 1.807) is 12.1 Å². The molecule has 1 aromatic carbocycles. The van der Waals surface area contributed by atoms with Gasteiger partial charge in [0, 0.05) is 5.56 Å². The molecule has 0 spiro atoms. The van der Waals surface area contributed by atoms with Crippen molar-refractivity contribution in [3.63, 3.8) is 0 Å². The second-order valence-electron chi connectivity index (χ2n) is 5.98. The molecule has 0 unspecified atom stereocenters. The van der Waals surface area contributed by atoms with Crippen molar-refractivity contribution in [1.29, 1.82) is 0 Å². The molecular formula is C17H20N2O2. The average molecular weight is 284 g/mol. The lowest BCUT2D eigenvalue weighted by atomic mass is 10.1. The monoisotopic (exact) mass is 284 g/mol. The first-order valence-corrected chi connectivity index (χ1v) is 6.83. The quantitative estimate of drug-likeness (QED) is 0.856. The fourth-order valence-corrected chi connectivity index (χ4v) is 1.82. The highest BCUT2D eigenvalue weighted by Crippen LogP contribution is 2.21. The molecule has 0 aliphatic heterocycles. The van der Waals surface area contributed by atoms with Gasteiger partial charge >= 0.3 is 5.97 Å². The van der Waals surface area contributed by atoms with Crippen LogP contribution in [-0.4, -0.2) is 16.6 Å². The number of esters is 1. The summed E-state index contributed by atoms with van der Waals surface area (Å²) in [6.45, 7) is 7.45. The number of carbonyl (C=O) groups is 1. The van der Waals surface area contributed by atoms with Crippen molar-refractivity contribution in [3.05, 3.63) is 47.5 Å². The SMILES string of the molecule is Cc1ccc(-c2ccc(C(=O)OC(C)(C)C)cc2)nc1N. The van der Waals surface area contributed by atoms with Crippen molar-refractivity contribution in [2.24, 2.45) is 0 Å². The van der Waals surface area contributed by atoms with Gasteiger partial charge in [0.15, 0.2) is 0 Å². The Kier molecular flexibility index (Phi) is 3.98. The van der Waals surface area contributed by atoms with Crippen LogP contribution < -0.4 is 5.73 Å². The van der Waals surface area contributed by atoms with Crippen molar-refractivity contribution < 1.29 is 9.53 Å². The van der Waals surface area contributed by atoms with Gasteiger partial charge in [-0.05, 0) is 51.5 Å². The van der Waals surface area contributed by atoms with E-state index in [0.29, 0.717) is 11.4 Å². The molecule has 0 saturated carbocycles. The number of anilines is 1. The number of aryl methyl sites for hydroxylation is 1. The largest absolute Gasteiger partial charge is 0.456 e. The first-order chi connectivity index (χ1) is 9.76. The van der Waals surface area contributed by atoms with Crippen LogP contribution in [0, 0.1) is 6.92 Å². The van der Waals surface area contributed by atoms with Gasteiger partial charge in [-0.3, -0.25) is 0 Å². The first-order valence-electron chi connectivity index (χ1n) is 6.83. The van der Waals surface area contributed by atoms with Crippen molar-refractivity contribution in [3.8, 4) is 11.3 Å². The molecule has 0 radical (unpaired) electrons. The van der Waals surface area contributed by atoms with Crippen LogP contribution in [0.3, 0.4) is 0 Å². The number of pyridine rings is 1. The molecule has 1 aromatic heterocycles. The van der Waals surface area contributed by atoms with Crippen LogP contribution in [0.5, 0.6) is 0 Å². The summed E-state index contributed by atoms with van der Waals surface area (Å²) in [6.07, 6.45) is 0. The zero-order valence-electron chi connectivity index (χ0n) is 12.8. The number of benzene rings is 1. The van der Waals surface area contributed by atoms with E-state index in [4.69, 9.17) is 10.5 Å². The highest BCUT2D eigenvalue weighted by Gasteiger charge is 2.17. The maximum Gasteiger partial charge on any atom is 0.338 e. The Bertz CT molecular complexity index is 655. The summed E-state index contributed by atoms with van der Waals surface area (Å²) < 4.78 is 5.33. The molecule has 0 fully saturated rings. The number of hydrogen-bond acceptors (Lipinski definition) is 4. The average Bonchev–Trinajstić information content (AvgIpc) is 2.40. The summed E-state index contributed by atoms with van der Waals surface area (Å²) in [5.74, 6) is 0.189. The minimum Gasteiger partial charge on any atom is -0.456 e. The Hall–Kier alpha value is -2.36. The molecule has 0 aliphatic rings. The Balaban J connectivity index is 2.22. The summed E-state index contributed by atoms with van der Waals surface area (Å²) in [4.78, 5) is 16.3. The van der Waals surface area contributed by atoms with Crippen LogP contribution in [0.1, 0.15) is 36.7 Å². The Morgan fingerprint density at radius 2 is 1.71 bits per heavy atom. The number of hydrogen-bond donors (Lipinski definition) is 1. The molecule has 0 aliphatic carbocycles. The lowest BCUT2D eigenvalue weighted by molar-refractivity contribution is 0.00696. The third kappa shape index (κ3) is 3.81. The fraction of sp³-hybridized carbons (Fsp3) is 0.294. The standard InChI is InChI=1S/C17H20N2O2/c1-11-5-10-14(19-15(11)18)12-6-8-13(9-7-12)16(20)21-17(2,3)4/h5-10H,1-4H3,(H2,18,19). The summed E-state index contributed by atoms with van der Waals surface area (Å²) in [5, 5.41) is 0. The van der Waals surface area contributed by atoms with E-state index in [1.165, 1.54) is 0 Å². The van der Waals surface area contributed by atoms with Crippen LogP contribution in [0.15, 0.2) is 36.4 Å². The number of rotatable bonds is 2. The molecular weight excluding hydrogens is 264 g/mol.